The Hall–Kier alpha value is -3.94. The van der Waals surface area contributed by atoms with Crippen LogP contribution in [0.1, 0.15) is 31.3 Å². The Morgan fingerprint density at radius 3 is 2.41 bits per heavy atom. The Morgan fingerprint density at radius 1 is 1.06 bits per heavy atom. The van der Waals surface area contributed by atoms with Crippen molar-refractivity contribution in [2.75, 3.05) is 11.9 Å². The lowest BCUT2D eigenvalue weighted by Crippen LogP contribution is -2.34. The van der Waals surface area contributed by atoms with Crippen LogP contribution in [0.3, 0.4) is 0 Å². The first kappa shape index (κ1) is 21.3. The van der Waals surface area contributed by atoms with Crippen molar-refractivity contribution in [1.82, 2.24) is 19.6 Å². The Bertz CT molecular complexity index is 1320. The van der Waals surface area contributed by atoms with Crippen molar-refractivity contribution in [3.63, 3.8) is 0 Å². The van der Waals surface area contributed by atoms with Gasteiger partial charge in [-0.05, 0) is 64.1 Å². The van der Waals surface area contributed by atoms with E-state index in [1.165, 1.54) is 4.68 Å². The molecule has 0 aliphatic rings. The number of nitrogens with one attached hydrogen (secondary N) is 1. The quantitative estimate of drug-likeness (QED) is 0.501. The average Bonchev–Trinajstić information content (AvgIpc) is 3.16. The number of hydrogen-bond donors (Lipinski definition) is 1. The highest BCUT2D eigenvalue weighted by Gasteiger charge is 2.23. The molecule has 0 aliphatic heterocycles. The summed E-state index contributed by atoms with van der Waals surface area (Å²) in [5, 5.41) is 12.5. The summed E-state index contributed by atoms with van der Waals surface area (Å²) >= 11 is 0. The molecular weight excluding hydrogens is 406 g/mol. The molecule has 0 radical (unpaired) electrons. The number of hydrogen-bond acceptors (Lipinski definition) is 5. The van der Waals surface area contributed by atoms with E-state index in [2.05, 4.69) is 15.5 Å². The SMILES string of the molecule is CCOc1ccc(NC(=O)C(C)n2nc(C)c3c(C)n(-c4ccccc4)nc3c2=O)cc1. The Kier molecular flexibility index (Phi) is 5.77. The lowest BCUT2D eigenvalue weighted by molar-refractivity contribution is -0.119. The van der Waals surface area contributed by atoms with Gasteiger partial charge in [-0.3, -0.25) is 9.59 Å². The van der Waals surface area contributed by atoms with Gasteiger partial charge in [0, 0.05) is 5.69 Å². The minimum Gasteiger partial charge on any atom is -0.494 e. The highest BCUT2D eigenvalue weighted by molar-refractivity contribution is 5.93. The number of para-hydroxylation sites is 1. The number of carbonyl (C=O) groups excluding carboxylic acids is 1. The van der Waals surface area contributed by atoms with E-state index in [0.717, 1.165) is 17.1 Å². The van der Waals surface area contributed by atoms with Crippen LogP contribution in [0.25, 0.3) is 16.6 Å². The first-order valence-corrected chi connectivity index (χ1v) is 10.5. The Balaban J connectivity index is 1.67. The first-order valence-electron chi connectivity index (χ1n) is 10.5. The second kappa shape index (κ2) is 8.66. The van der Waals surface area contributed by atoms with Gasteiger partial charge < -0.3 is 10.1 Å². The molecule has 2 aromatic carbocycles. The molecule has 1 unspecified atom stereocenters. The Labute approximate surface area is 185 Å². The number of ether oxygens (including phenoxy) is 1. The monoisotopic (exact) mass is 431 g/mol. The minimum atomic E-state index is -0.820. The molecule has 32 heavy (non-hydrogen) atoms. The van der Waals surface area contributed by atoms with E-state index >= 15 is 0 Å². The number of carbonyl (C=O) groups is 1. The van der Waals surface area contributed by atoms with E-state index in [1.54, 1.807) is 35.9 Å². The first-order chi connectivity index (χ1) is 15.4. The average molecular weight is 431 g/mol. The van der Waals surface area contributed by atoms with E-state index in [0.29, 0.717) is 28.9 Å². The van der Waals surface area contributed by atoms with E-state index in [9.17, 15) is 9.59 Å². The van der Waals surface area contributed by atoms with Crippen LogP contribution in [0.5, 0.6) is 5.75 Å². The summed E-state index contributed by atoms with van der Waals surface area (Å²) in [5.74, 6) is 0.378. The summed E-state index contributed by atoms with van der Waals surface area (Å²) in [7, 11) is 0. The second-order valence-electron chi connectivity index (χ2n) is 7.51. The summed E-state index contributed by atoms with van der Waals surface area (Å²) in [6, 6.07) is 15.9. The molecule has 0 saturated heterocycles. The summed E-state index contributed by atoms with van der Waals surface area (Å²) in [6.45, 7) is 7.84. The molecule has 8 nitrogen and oxygen atoms in total. The van der Waals surface area contributed by atoms with Crippen LogP contribution in [0, 0.1) is 13.8 Å². The van der Waals surface area contributed by atoms with Crippen molar-refractivity contribution in [2.45, 2.75) is 33.7 Å². The molecule has 164 valence electrons. The molecule has 0 saturated carbocycles. The molecular formula is C24H25N5O3. The van der Waals surface area contributed by atoms with E-state index < -0.39 is 11.6 Å². The van der Waals surface area contributed by atoms with Crippen molar-refractivity contribution in [2.24, 2.45) is 0 Å². The molecule has 1 atom stereocenters. The fraction of sp³-hybridized carbons (Fsp3) is 0.250. The van der Waals surface area contributed by atoms with E-state index in [4.69, 9.17) is 4.74 Å². The summed E-state index contributed by atoms with van der Waals surface area (Å²) in [5.41, 5.74) is 2.82. The van der Waals surface area contributed by atoms with Gasteiger partial charge in [-0.1, -0.05) is 18.2 Å². The standard InChI is InChI=1S/C24H25N5O3/c1-5-32-20-13-11-18(12-14-20)25-23(30)17(4)29-24(31)22-21(15(2)26-29)16(3)28(27-22)19-9-7-6-8-10-19/h6-14,17H,5H2,1-4H3,(H,25,30). The third-order valence-electron chi connectivity index (χ3n) is 5.33. The zero-order valence-electron chi connectivity index (χ0n) is 18.5. The second-order valence-corrected chi connectivity index (χ2v) is 7.51. The smallest absolute Gasteiger partial charge is 0.295 e. The van der Waals surface area contributed by atoms with Gasteiger partial charge in [-0.25, -0.2) is 9.36 Å². The van der Waals surface area contributed by atoms with Crippen LogP contribution in [0.2, 0.25) is 0 Å². The van der Waals surface area contributed by atoms with Gasteiger partial charge in [0.25, 0.3) is 5.56 Å². The predicted octanol–water partition coefficient (Wildman–Crippen LogP) is 3.80. The van der Waals surface area contributed by atoms with Crippen molar-refractivity contribution in [3.8, 4) is 11.4 Å². The van der Waals surface area contributed by atoms with Crippen LogP contribution in [0.4, 0.5) is 5.69 Å². The molecule has 2 aromatic heterocycles. The van der Waals surface area contributed by atoms with Gasteiger partial charge in [0.1, 0.15) is 11.8 Å². The van der Waals surface area contributed by atoms with Crippen molar-refractivity contribution in [3.05, 3.63) is 76.3 Å². The van der Waals surface area contributed by atoms with Gasteiger partial charge in [0.2, 0.25) is 5.91 Å². The molecule has 4 aromatic rings. The molecule has 1 amide bonds. The third kappa shape index (κ3) is 3.87. The molecule has 0 spiro atoms. The van der Waals surface area contributed by atoms with Gasteiger partial charge in [0.05, 0.1) is 29.1 Å². The normalized spacial score (nSPS) is 12.0. The predicted molar refractivity (Wildman–Crippen MR) is 124 cm³/mol. The lowest BCUT2D eigenvalue weighted by atomic mass is 10.2. The van der Waals surface area contributed by atoms with Gasteiger partial charge >= 0.3 is 0 Å². The van der Waals surface area contributed by atoms with Crippen molar-refractivity contribution in [1.29, 1.82) is 0 Å². The maximum atomic E-state index is 13.2. The number of aromatic nitrogens is 4. The van der Waals surface area contributed by atoms with E-state index in [-0.39, 0.29) is 5.91 Å². The number of benzene rings is 2. The zero-order valence-corrected chi connectivity index (χ0v) is 18.5. The molecule has 8 heteroatoms. The van der Waals surface area contributed by atoms with Gasteiger partial charge in [-0.2, -0.15) is 10.2 Å². The topological polar surface area (TPSA) is 91.0 Å². The Morgan fingerprint density at radius 2 is 1.75 bits per heavy atom. The summed E-state index contributed by atoms with van der Waals surface area (Å²) in [4.78, 5) is 26.1. The number of fused-ring (bicyclic) bond motifs is 1. The van der Waals surface area contributed by atoms with Gasteiger partial charge in [-0.15, -0.1) is 0 Å². The fourth-order valence-electron chi connectivity index (χ4n) is 3.69. The lowest BCUT2D eigenvalue weighted by Gasteiger charge is -2.15. The van der Waals surface area contributed by atoms with Crippen LogP contribution >= 0.6 is 0 Å². The molecule has 4 rings (SSSR count). The fourth-order valence-corrected chi connectivity index (χ4v) is 3.69. The van der Waals surface area contributed by atoms with Gasteiger partial charge in [0.15, 0.2) is 5.52 Å². The number of nitrogens with zero attached hydrogens (tertiary/aromatic N) is 4. The number of aryl methyl sites for hydroxylation is 2. The van der Waals surface area contributed by atoms with Crippen LogP contribution < -0.4 is 15.6 Å². The highest BCUT2D eigenvalue weighted by atomic mass is 16.5. The zero-order chi connectivity index (χ0) is 22.8. The summed E-state index contributed by atoms with van der Waals surface area (Å²) < 4.78 is 8.35. The minimum absolute atomic E-state index is 0.291. The molecule has 1 N–H and O–H groups in total. The molecule has 0 bridgehead atoms. The third-order valence-corrected chi connectivity index (χ3v) is 5.33. The van der Waals surface area contributed by atoms with Crippen molar-refractivity contribution < 1.29 is 9.53 Å². The number of rotatable bonds is 6. The summed E-state index contributed by atoms with van der Waals surface area (Å²) in [6.07, 6.45) is 0. The van der Waals surface area contributed by atoms with Crippen LogP contribution in [0.15, 0.2) is 59.4 Å². The van der Waals surface area contributed by atoms with Crippen LogP contribution in [-0.4, -0.2) is 32.1 Å². The maximum Gasteiger partial charge on any atom is 0.295 e. The number of amides is 1. The largest absolute Gasteiger partial charge is 0.494 e. The van der Waals surface area contributed by atoms with Crippen molar-refractivity contribution >= 4 is 22.5 Å². The maximum absolute atomic E-state index is 13.2. The molecule has 0 fully saturated rings. The molecule has 2 heterocycles. The van der Waals surface area contributed by atoms with E-state index in [1.807, 2.05) is 51.1 Å². The molecule has 0 aliphatic carbocycles. The van der Waals surface area contributed by atoms with Crippen LogP contribution in [-0.2, 0) is 4.79 Å². The number of anilines is 1. The highest BCUT2D eigenvalue weighted by Crippen LogP contribution is 2.22.